The number of furan rings is 1. The zero-order valence-electron chi connectivity index (χ0n) is 18.9. The van der Waals surface area contributed by atoms with Crippen LogP contribution in [0.15, 0.2) is 53.1 Å². The molecule has 1 saturated heterocycles. The second kappa shape index (κ2) is 9.02. The van der Waals surface area contributed by atoms with Gasteiger partial charge in [-0.25, -0.2) is 4.68 Å². The number of aromatic nitrogens is 2. The molecule has 0 spiro atoms. The third-order valence-electron chi connectivity index (χ3n) is 6.16. The zero-order valence-corrected chi connectivity index (χ0v) is 18.9. The minimum Gasteiger partial charge on any atom is -0.469 e. The summed E-state index contributed by atoms with van der Waals surface area (Å²) in [4.78, 5) is 26.6. The first kappa shape index (κ1) is 21.9. The van der Waals surface area contributed by atoms with Crippen LogP contribution in [0.3, 0.4) is 0 Å². The molecule has 3 heterocycles. The van der Waals surface area contributed by atoms with Crippen LogP contribution >= 0.6 is 0 Å². The van der Waals surface area contributed by atoms with Crippen LogP contribution in [0, 0.1) is 13.8 Å². The molecule has 2 amide bonds. The lowest BCUT2D eigenvalue weighted by molar-refractivity contribution is -0.131. The smallest absolute Gasteiger partial charge is 0.222 e. The summed E-state index contributed by atoms with van der Waals surface area (Å²) in [6.07, 6.45) is 4.41. The van der Waals surface area contributed by atoms with Crippen molar-refractivity contribution in [3.63, 3.8) is 0 Å². The molecule has 1 aliphatic heterocycles. The maximum absolute atomic E-state index is 12.9. The van der Waals surface area contributed by atoms with Crippen molar-refractivity contribution in [1.82, 2.24) is 20.0 Å². The molecular weight excluding hydrogens is 404 g/mol. The predicted octanol–water partition coefficient (Wildman–Crippen LogP) is 3.71. The van der Waals surface area contributed by atoms with Gasteiger partial charge in [0.25, 0.3) is 0 Å². The highest BCUT2D eigenvalue weighted by atomic mass is 16.3. The highest BCUT2D eigenvalue weighted by Gasteiger charge is 2.38. The number of carbonyl (C=O) groups excluding carboxylic acids is 2. The van der Waals surface area contributed by atoms with Crippen LogP contribution in [0.2, 0.25) is 0 Å². The summed E-state index contributed by atoms with van der Waals surface area (Å²) >= 11 is 0. The van der Waals surface area contributed by atoms with Crippen molar-refractivity contribution < 1.29 is 14.0 Å². The van der Waals surface area contributed by atoms with E-state index in [0.717, 1.165) is 28.4 Å². The van der Waals surface area contributed by atoms with Gasteiger partial charge in [0, 0.05) is 44.1 Å². The average molecular weight is 435 g/mol. The van der Waals surface area contributed by atoms with E-state index in [4.69, 9.17) is 4.42 Å². The van der Waals surface area contributed by atoms with E-state index in [1.807, 2.05) is 62.0 Å². The number of nitrogens with one attached hydrogen (secondary N) is 1. The quantitative estimate of drug-likeness (QED) is 0.586. The molecule has 3 aromatic rings. The molecule has 1 N–H and O–H groups in total. The van der Waals surface area contributed by atoms with E-state index in [9.17, 15) is 9.59 Å². The minimum atomic E-state index is -0.416. The molecule has 1 aliphatic rings. The van der Waals surface area contributed by atoms with Crippen LogP contribution in [-0.4, -0.2) is 39.1 Å². The van der Waals surface area contributed by atoms with E-state index in [0.29, 0.717) is 38.6 Å². The fourth-order valence-corrected chi connectivity index (χ4v) is 4.50. The first-order valence-corrected chi connectivity index (χ1v) is 11.0. The molecule has 32 heavy (non-hydrogen) atoms. The van der Waals surface area contributed by atoms with Gasteiger partial charge in [0.1, 0.15) is 5.76 Å². The Labute approximate surface area is 188 Å². The van der Waals surface area contributed by atoms with Crippen LogP contribution < -0.4 is 5.32 Å². The van der Waals surface area contributed by atoms with E-state index in [1.165, 1.54) is 0 Å². The normalized spacial score (nSPS) is 18.0. The summed E-state index contributed by atoms with van der Waals surface area (Å²) in [5.41, 5.74) is 3.67. The second-order valence-electron chi connectivity index (χ2n) is 8.84. The van der Waals surface area contributed by atoms with Gasteiger partial charge >= 0.3 is 0 Å². The van der Waals surface area contributed by atoms with Gasteiger partial charge in [0.2, 0.25) is 11.8 Å². The summed E-state index contributed by atoms with van der Waals surface area (Å²) in [6.45, 7) is 4.53. The molecule has 7 heteroatoms. The Bertz CT molecular complexity index is 1100. The van der Waals surface area contributed by atoms with Crippen LogP contribution in [0.25, 0.3) is 5.69 Å². The maximum atomic E-state index is 12.9. The number of nitrogens with zero attached hydrogens (tertiary/aromatic N) is 3. The first-order valence-electron chi connectivity index (χ1n) is 11.0. The number of carbonyl (C=O) groups is 2. The van der Waals surface area contributed by atoms with E-state index < -0.39 is 5.54 Å². The lowest BCUT2D eigenvalue weighted by Crippen LogP contribution is -2.44. The van der Waals surface area contributed by atoms with Crippen molar-refractivity contribution in [3.05, 3.63) is 71.4 Å². The fraction of sp³-hybridized carbons (Fsp3) is 0.400. The molecule has 168 valence electrons. The standard InChI is InChI=1S/C25H30N4O3/c1-18-14-19(2)29(27-18)21-7-4-6-20(15-21)17-28(3)24(31)10-12-25(11-9-23(30)26-25)16-22-8-5-13-32-22/h4-8,13-15H,9-12,16-17H2,1-3H3,(H,26,30). The van der Waals surface area contributed by atoms with Crippen molar-refractivity contribution in [2.75, 3.05) is 7.05 Å². The molecule has 4 rings (SSSR count). The molecule has 1 fully saturated rings. The first-order chi connectivity index (χ1) is 15.3. The van der Waals surface area contributed by atoms with E-state index >= 15 is 0 Å². The Morgan fingerprint density at radius 2 is 2.09 bits per heavy atom. The topological polar surface area (TPSA) is 80.4 Å². The van der Waals surface area contributed by atoms with Gasteiger partial charge in [-0.1, -0.05) is 12.1 Å². The summed E-state index contributed by atoms with van der Waals surface area (Å²) in [5.74, 6) is 0.925. The highest BCUT2D eigenvalue weighted by molar-refractivity contribution is 5.80. The maximum Gasteiger partial charge on any atom is 0.222 e. The molecule has 1 aromatic carbocycles. The number of rotatable bonds is 8. The van der Waals surface area contributed by atoms with Gasteiger partial charge in [0.15, 0.2) is 0 Å². The van der Waals surface area contributed by atoms with Gasteiger partial charge in [0.05, 0.1) is 17.6 Å². The molecule has 1 atom stereocenters. The third kappa shape index (κ3) is 4.93. The molecule has 1 unspecified atom stereocenters. The largest absolute Gasteiger partial charge is 0.469 e. The Balaban J connectivity index is 1.39. The minimum absolute atomic E-state index is 0.0401. The highest BCUT2D eigenvalue weighted by Crippen LogP contribution is 2.30. The Morgan fingerprint density at radius 3 is 2.75 bits per heavy atom. The number of hydrogen-bond donors (Lipinski definition) is 1. The molecule has 0 bridgehead atoms. The lowest BCUT2D eigenvalue weighted by Gasteiger charge is -2.29. The Kier molecular flexibility index (Phi) is 6.17. The molecule has 0 radical (unpaired) electrons. The van der Waals surface area contributed by atoms with Gasteiger partial charge in [-0.3, -0.25) is 9.59 Å². The van der Waals surface area contributed by atoms with Gasteiger partial charge in [-0.05, 0) is 62.6 Å². The monoisotopic (exact) mass is 434 g/mol. The number of hydrogen-bond acceptors (Lipinski definition) is 4. The van der Waals surface area contributed by atoms with Gasteiger partial charge in [-0.2, -0.15) is 5.10 Å². The summed E-state index contributed by atoms with van der Waals surface area (Å²) in [5, 5.41) is 7.65. The molecule has 0 aliphatic carbocycles. The van der Waals surface area contributed by atoms with E-state index in [2.05, 4.69) is 16.5 Å². The molecule has 2 aromatic heterocycles. The van der Waals surface area contributed by atoms with E-state index in [1.54, 1.807) is 11.2 Å². The third-order valence-corrected chi connectivity index (χ3v) is 6.16. The Morgan fingerprint density at radius 1 is 1.25 bits per heavy atom. The SMILES string of the molecule is Cc1cc(C)n(-c2cccc(CN(C)C(=O)CCC3(Cc4ccco4)CCC(=O)N3)c2)n1. The van der Waals surface area contributed by atoms with Crippen molar-refractivity contribution in [3.8, 4) is 5.69 Å². The van der Waals surface area contributed by atoms with Crippen LogP contribution in [0.1, 0.15) is 48.4 Å². The summed E-state index contributed by atoms with van der Waals surface area (Å²) < 4.78 is 7.41. The number of amides is 2. The van der Waals surface area contributed by atoms with Gasteiger partial charge in [-0.15, -0.1) is 0 Å². The van der Waals surface area contributed by atoms with Crippen LogP contribution in [0.4, 0.5) is 0 Å². The molecule has 0 saturated carbocycles. The number of benzene rings is 1. The number of aryl methyl sites for hydroxylation is 2. The predicted molar refractivity (Wildman–Crippen MR) is 121 cm³/mol. The van der Waals surface area contributed by atoms with Crippen molar-refractivity contribution in [2.45, 2.75) is 58.0 Å². The second-order valence-corrected chi connectivity index (χ2v) is 8.84. The van der Waals surface area contributed by atoms with Crippen molar-refractivity contribution in [2.24, 2.45) is 0 Å². The molecule has 7 nitrogen and oxygen atoms in total. The summed E-state index contributed by atoms with van der Waals surface area (Å²) in [7, 11) is 1.82. The summed E-state index contributed by atoms with van der Waals surface area (Å²) in [6, 6.07) is 13.9. The van der Waals surface area contributed by atoms with Crippen LogP contribution in [-0.2, 0) is 22.6 Å². The van der Waals surface area contributed by atoms with Crippen molar-refractivity contribution in [1.29, 1.82) is 0 Å². The van der Waals surface area contributed by atoms with E-state index in [-0.39, 0.29) is 11.8 Å². The molecular formula is C25H30N4O3. The average Bonchev–Trinajstić information content (AvgIpc) is 3.48. The Hall–Kier alpha value is -3.35. The van der Waals surface area contributed by atoms with Crippen LogP contribution in [0.5, 0.6) is 0 Å². The lowest BCUT2D eigenvalue weighted by atomic mass is 9.87. The fourth-order valence-electron chi connectivity index (χ4n) is 4.50. The van der Waals surface area contributed by atoms with Crippen molar-refractivity contribution >= 4 is 11.8 Å². The van der Waals surface area contributed by atoms with Gasteiger partial charge < -0.3 is 14.6 Å². The zero-order chi connectivity index (χ0) is 22.7.